The van der Waals surface area contributed by atoms with Crippen molar-refractivity contribution < 1.29 is 9.53 Å². The largest absolute Gasteiger partial charge is 0.462 e. The summed E-state index contributed by atoms with van der Waals surface area (Å²) in [7, 11) is 0. The van der Waals surface area contributed by atoms with E-state index in [1.807, 2.05) is 12.3 Å². The summed E-state index contributed by atoms with van der Waals surface area (Å²) < 4.78 is 5.11. The molecule has 1 aliphatic carbocycles. The fourth-order valence-corrected chi connectivity index (χ4v) is 3.78. The van der Waals surface area contributed by atoms with Gasteiger partial charge in [-0.25, -0.2) is 4.79 Å². The smallest absolute Gasteiger partial charge is 0.339 e. The fraction of sp³-hybridized carbons (Fsp3) is 0.667. The van der Waals surface area contributed by atoms with Gasteiger partial charge in [0.15, 0.2) is 0 Å². The molecule has 1 aromatic heterocycles. The molecule has 18 heavy (non-hydrogen) atoms. The highest BCUT2D eigenvalue weighted by Crippen LogP contribution is 2.40. The second-order valence-electron chi connectivity index (χ2n) is 6.08. The van der Waals surface area contributed by atoms with Crippen LogP contribution in [-0.4, -0.2) is 12.6 Å². The topological polar surface area (TPSA) is 26.3 Å². The molecule has 0 radical (unpaired) electrons. The Labute approximate surface area is 113 Å². The number of fused-ring (bicyclic) bond motifs is 1. The van der Waals surface area contributed by atoms with E-state index in [1.54, 1.807) is 11.3 Å². The van der Waals surface area contributed by atoms with Crippen LogP contribution in [0.4, 0.5) is 0 Å². The lowest BCUT2D eigenvalue weighted by Gasteiger charge is -2.33. The van der Waals surface area contributed by atoms with Gasteiger partial charge in [0.25, 0.3) is 0 Å². The van der Waals surface area contributed by atoms with E-state index in [9.17, 15) is 4.79 Å². The summed E-state index contributed by atoms with van der Waals surface area (Å²) in [4.78, 5) is 13.2. The molecule has 2 rings (SSSR count). The van der Waals surface area contributed by atoms with Gasteiger partial charge in [-0.1, -0.05) is 20.8 Å². The van der Waals surface area contributed by atoms with Crippen LogP contribution in [0.1, 0.15) is 54.9 Å². The lowest BCUT2D eigenvalue weighted by molar-refractivity contribution is 0.0525. The van der Waals surface area contributed by atoms with Crippen LogP contribution in [0.25, 0.3) is 0 Å². The maximum Gasteiger partial charge on any atom is 0.339 e. The average molecular weight is 266 g/mol. The summed E-state index contributed by atoms with van der Waals surface area (Å²) in [5.41, 5.74) is 2.41. The molecule has 2 nitrogen and oxygen atoms in total. The van der Waals surface area contributed by atoms with E-state index in [2.05, 4.69) is 20.8 Å². The quantitative estimate of drug-likeness (QED) is 0.754. The molecular formula is C15H22O2S. The van der Waals surface area contributed by atoms with Crippen LogP contribution in [-0.2, 0) is 17.6 Å². The van der Waals surface area contributed by atoms with Crippen molar-refractivity contribution in [3.05, 3.63) is 21.4 Å². The zero-order chi connectivity index (χ0) is 13.3. The molecule has 1 atom stereocenters. The summed E-state index contributed by atoms with van der Waals surface area (Å²) in [6, 6.07) is 0. The number of ether oxygens (including phenoxy) is 1. The Morgan fingerprint density at radius 3 is 2.83 bits per heavy atom. The second-order valence-corrected chi connectivity index (χ2v) is 7.04. The number of carbonyl (C=O) groups excluding carboxylic acids is 1. The monoisotopic (exact) mass is 266 g/mol. The SMILES string of the molecule is CCOC(=O)c1csc2c1CC[C@H](C(C)(C)C)C2. The van der Waals surface area contributed by atoms with Gasteiger partial charge in [0.2, 0.25) is 0 Å². The second kappa shape index (κ2) is 5.04. The Kier molecular flexibility index (Phi) is 3.81. The minimum Gasteiger partial charge on any atom is -0.462 e. The van der Waals surface area contributed by atoms with Crippen molar-refractivity contribution in [3.63, 3.8) is 0 Å². The van der Waals surface area contributed by atoms with Crippen LogP contribution in [0.15, 0.2) is 5.38 Å². The molecule has 0 saturated carbocycles. The molecule has 100 valence electrons. The third kappa shape index (κ3) is 2.61. The van der Waals surface area contributed by atoms with Gasteiger partial charge in [-0.2, -0.15) is 0 Å². The summed E-state index contributed by atoms with van der Waals surface area (Å²) in [6.45, 7) is 9.23. The first-order chi connectivity index (χ1) is 8.43. The predicted molar refractivity (Wildman–Crippen MR) is 75.2 cm³/mol. The Morgan fingerprint density at radius 1 is 1.50 bits per heavy atom. The van der Waals surface area contributed by atoms with E-state index < -0.39 is 0 Å². The van der Waals surface area contributed by atoms with Gasteiger partial charge in [-0.3, -0.25) is 0 Å². The van der Waals surface area contributed by atoms with Crippen molar-refractivity contribution in [2.45, 2.75) is 47.0 Å². The van der Waals surface area contributed by atoms with Crippen molar-refractivity contribution in [2.75, 3.05) is 6.61 Å². The van der Waals surface area contributed by atoms with Gasteiger partial charge in [0, 0.05) is 10.3 Å². The first-order valence-corrected chi connectivity index (χ1v) is 7.57. The minimum atomic E-state index is -0.149. The lowest BCUT2D eigenvalue weighted by Crippen LogP contribution is -2.26. The van der Waals surface area contributed by atoms with Crippen molar-refractivity contribution in [3.8, 4) is 0 Å². The highest BCUT2D eigenvalue weighted by Gasteiger charge is 2.31. The van der Waals surface area contributed by atoms with Gasteiger partial charge in [-0.05, 0) is 43.1 Å². The van der Waals surface area contributed by atoms with Gasteiger partial charge >= 0.3 is 5.97 Å². The van der Waals surface area contributed by atoms with Gasteiger partial charge in [0.05, 0.1) is 12.2 Å². The van der Waals surface area contributed by atoms with E-state index in [1.165, 1.54) is 16.9 Å². The molecule has 1 aromatic rings. The van der Waals surface area contributed by atoms with Crippen molar-refractivity contribution in [1.29, 1.82) is 0 Å². The van der Waals surface area contributed by atoms with E-state index >= 15 is 0 Å². The Hall–Kier alpha value is -0.830. The third-order valence-electron chi connectivity index (χ3n) is 3.88. The highest BCUT2D eigenvalue weighted by atomic mass is 32.1. The van der Waals surface area contributed by atoms with Crippen LogP contribution in [0, 0.1) is 11.3 Å². The van der Waals surface area contributed by atoms with Crippen LogP contribution in [0.2, 0.25) is 0 Å². The van der Waals surface area contributed by atoms with Gasteiger partial charge < -0.3 is 4.74 Å². The zero-order valence-electron chi connectivity index (χ0n) is 11.7. The van der Waals surface area contributed by atoms with Crippen molar-refractivity contribution in [1.82, 2.24) is 0 Å². The number of rotatable bonds is 2. The Bertz CT molecular complexity index is 440. The molecule has 3 heteroatoms. The standard InChI is InChI=1S/C15H22O2S/c1-5-17-14(16)12-9-18-13-8-10(15(2,3)4)6-7-11(12)13/h9-10H,5-8H2,1-4H3/t10-/m0/s1. The van der Waals surface area contributed by atoms with E-state index in [4.69, 9.17) is 4.74 Å². The summed E-state index contributed by atoms with van der Waals surface area (Å²) in [5.74, 6) is 0.572. The van der Waals surface area contributed by atoms with Crippen LogP contribution in [0.3, 0.4) is 0 Å². The summed E-state index contributed by atoms with van der Waals surface area (Å²) in [5, 5.41) is 1.98. The Morgan fingerprint density at radius 2 is 2.22 bits per heavy atom. The normalized spacial score (nSPS) is 19.4. The lowest BCUT2D eigenvalue weighted by atomic mass is 9.72. The zero-order valence-corrected chi connectivity index (χ0v) is 12.5. The summed E-state index contributed by atoms with van der Waals surface area (Å²) in [6.07, 6.45) is 3.32. The van der Waals surface area contributed by atoms with Crippen molar-refractivity contribution in [2.24, 2.45) is 11.3 Å². The molecule has 0 spiro atoms. The molecule has 0 saturated heterocycles. The van der Waals surface area contributed by atoms with E-state index in [0.29, 0.717) is 12.0 Å². The number of carbonyl (C=O) groups is 1. The van der Waals surface area contributed by atoms with Crippen molar-refractivity contribution >= 4 is 17.3 Å². The third-order valence-corrected chi connectivity index (χ3v) is 4.93. The molecule has 0 fully saturated rings. The first-order valence-electron chi connectivity index (χ1n) is 6.69. The molecule has 0 bridgehead atoms. The molecule has 0 aliphatic heterocycles. The molecule has 0 amide bonds. The molecule has 0 unspecified atom stereocenters. The maximum absolute atomic E-state index is 11.8. The summed E-state index contributed by atoms with van der Waals surface area (Å²) >= 11 is 1.73. The minimum absolute atomic E-state index is 0.149. The van der Waals surface area contributed by atoms with Gasteiger partial charge in [0.1, 0.15) is 0 Å². The number of esters is 1. The van der Waals surface area contributed by atoms with Crippen LogP contribution < -0.4 is 0 Å². The number of hydrogen-bond donors (Lipinski definition) is 0. The average Bonchev–Trinajstić information content (AvgIpc) is 2.70. The molecule has 1 aliphatic rings. The van der Waals surface area contributed by atoms with Crippen LogP contribution >= 0.6 is 11.3 Å². The van der Waals surface area contributed by atoms with E-state index in [-0.39, 0.29) is 5.97 Å². The van der Waals surface area contributed by atoms with E-state index in [0.717, 1.165) is 24.3 Å². The van der Waals surface area contributed by atoms with Gasteiger partial charge in [-0.15, -0.1) is 11.3 Å². The maximum atomic E-state index is 11.8. The fourth-order valence-electron chi connectivity index (χ4n) is 2.63. The molecule has 0 N–H and O–H groups in total. The Balaban J connectivity index is 2.20. The number of hydrogen-bond acceptors (Lipinski definition) is 3. The number of thiophene rings is 1. The highest BCUT2D eigenvalue weighted by molar-refractivity contribution is 7.10. The molecule has 1 heterocycles. The predicted octanol–water partition coefficient (Wildman–Crippen LogP) is 4.08. The van der Waals surface area contributed by atoms with Crippen LogP contribution in [0.5, 0.6) is 0 Å². The first kappa shape index (κ1) is 13.6. The molecular weight excluding hydrogens is 244 g/mol. The molecule has 0 aromatic carbocycles.